The molecule has 0 aliphatic heterocycles. The first kappa shape index (κ1) is 25.5. The number of carbonyl (C=O) groups excluding carboxylic acids is 1. The second kappa shape index (κ2) is 13.6. The van der Waals surface area contributed by atoms with Gasteiger partial charge in [0.1, 0.15) is 5.75 Å². The number of benzene rings is 3. The zero-order valence-electron chi connectivity index (χ0n) is 18.6. The van der Waals surface area contributed by atoms with Gasteiger partial charge in [0.15, 0.2) is 5.96 Å². The number of guanidine groups is 1. The second-order valence-corrected chi connectivity index (χ2v) is 7.17. The SMILES string of the molecule is CN=C(NCCCOc1ccc2ccccc2c1)NCCc1cccc(C(=O)NC)c1.I. The molecule has 0 atom stereocenters. The summed E-state index contributed by atoms with van der Waals surface area (Å²) in [7, 11) is 3.40. The van der Waals surface area contributed by atoms with Crippen LogP contribution in [0.25, 0.3) is 10.8 Å². The molecule has 0 aliphatic carbocycles. The number of aliphatic imine (C=N–C) groups is 1. The van der Waals surface area contributed by atoms with Crippen LogP contribution in [-0.4, -0.2) is 45.7 Å². The highest BCUT2D eigenvalue weighted by Gasteiger charge is 2.04. The molecule has 0 saturated heterocycles. The second-order valence-electron chi connectivity index (χ2n) is 7.17. The summed E-state index contributed by atoms with van der Waals surface area (Å²) in [5.74, 6) is 1.58. The third-order valence-electron chi connectivity index (χ3n) is 4.95. The topological polar surface area (TPSA) is 74.8 Å². The van der Waals surface area contributed by atoms with Gasteiger partial charge < -0.3 is 20.7 Å². The van der Waals surface area contributed by atoms with Crippen molar-refractivity contribution in [3.05, 3.63) is 77.9 Å². The number of ether oxygens (including phenoxy) is 1. The van der Waals surface area contributed by atoms with Gasteiger partial charge >= 0.3 is 0 Å². The maximum Gasteiger partial charge on any atom is 0.251 e. The van der Waals surface area contributed by atoms with Crippen molar-refractivity contribution in [3.63, 3.8) is 0 Å². The van der Waals surface area contributed by atoms with Gasteiger partial charge in [0.05, 0.1) is 6.61 Å². The van der Waals surface area contributed by atoms with E-state index in [1.807, 2.05) is 42.5 Å². The first-order chi connectivity index (χ1) is 15.2. The predicted molar refractivity (Wildman–Crippen MR) is 142 cm³/mol. The first-order valence-corrected chi connectivity index (χ1v) is 10.6. The van der Waals surface area contributed by atoms with Crippen LogP contribution >= 0.6 is 24.0 Å². The number of nitrogens with one attached hydrogen (secondary N) is 3. The van der Waals surface area contributed by atoms with Crippen LogP contribution in [0.3, 0.4) is 0 Å². The van der Waals surface area contributed by atoms with Gasteiger partial charge in [-0.3, -0.25) is 9.79 Å². The van der Waals surface area contributed by atoms with Gasteiger partial charge in [0.2, 0.25) is 0 Å². The molecule has 3 rings (SSSR count). The molecular formula is C25H31IN4O2. The Morgan fingerprint density at radius 3 is 2.50 bits per heavy atom. The number of fused-ring (bicyclic) bond motifs is 1. The highest BCUT2D eigenvalue weighted by Crippen LogP contribution is 2.20. The average Bonchev–Trinajstić information content (AvgIpc) is 2.82. The summed E-state index contributed by atoms with van der Waals surface area (Å²) in [5, 5.41) is 11.7. The Hall–Kier alpha value is -2.81. The average molecular weight is 546 g/mol. The van der Waals surface area contributed by atoms with Crippen LogP contribution in [0.5, 0.6) is 5.75 Å². The number of hydrogen-bond donors (Lipinski definition) is 3. The van der Waals surface area contributed by atoms with Crippen molar-refractivity contribution in [1.82, 2.24) is 16.0 Å². The third kappa shape index (κ3) is 7.71. The first-order valence-electron chi connectivity index (χ1n) is 10.6. The summed E-state index contributed by atoms with van der Waals surface area (Å²) in [6.07, 6.45) is 1.66. The Bertz CT molecular complexity index is 1040. The van der Waals surface area contributed by atoms with E-state index in [-0.39, 0.29) is 29.9 Å². The summed E-state index contributed by atoms with van der Waals surface area (Å²) in [5.41, 5.74) is 1.78. The van der Waals surface area contributed by atoms with E-state index >= 15 is 0 Å². The van der Waals surface area contributed by atoms with Gasteiger partial charge in [-0.25, -0.2) is 0 Å². The van der Waals surface area contributed by atoms with Crippen LogP contribution in [0.1, 0.15) is 22.3 Å². The van der Waals surface area contributed by atoms with Crippen molar-refractivity contribution >= 4 is 46.6 Å². The standard InChI is InChI=1S/C25H30N4O2.HI/c1-26-24(30)22-10-5-7-19(17-22)13-15-29-25(27-2)28-14-6-16-31-23-12-11-20-8-3-4-9-21(20)18-23;/h3-5,7-12,17-18H,6,13-16H2,1-2H3,(H,26,30)(H2,27,28,29);1H. The van der Waals surface area contributed by atoms with E-state index in [2.05, 4.69) is 45.2 Å². The van der Waals surface area contributed by atoms with Crippen LogP contribution in [-0.2, 0) is 6.42 Å². The van der Waals surface area contributed by atoms with E-state index in [4.69, 9.17) is 4.74 Å². The normalized spacial score (nSPS) is 10.9. The Labute approximate surface area is 206 Å². The fourth-order valence-electron chi connectivity index (χ4n) is 3.28. The van der Waals surface area contributed by atoms with E-state index in [9.17, 15) is 4.79 Å². The van der Waals surface area contributed by atoms with Crippen LogP contribution in [0.15, 0.2) is 71.7 Å². The minimum absolute atomic E-state index is 0. The molecule has 0 spiro atoms. The number of halogens is 1. The summed E-state index contributed by atoms with van der Waals surface area (Å²) >= 11 is 0. The zero-order chi connectivity index (χ0) is 21.9. The minimum Gasteiger partial charge on any atom is -0.494 e. The molecule has 32 heavy (non-hydrogen) atoms. The molecule has 0 radical (unpaired) electrons. The fraction of sp³-hybridized carbons (Fsp3) is 0.280. The quantitative estimate of drug-likeness (QED) is 0.164. The maximum atomic E-state index is 11.7. The van der Waals surface area contributed by atoms with Gasteiger partial charge in [-0.1, -0.05) is 42.5 Å². The van der Waals surface area contributed by atoms with E-state index < -0.39 is 0 Å². The van der Waals surface area contributed by atoms with Gasteiger partial charge in [0.25, 0.3) is 5.91 Å². The molecule has 1 amide bonds. The molecule has 0 saturated carbocycles. The predicted octanol–water partition coefficient (Wildman–Crippen LogP) is 3.99. The Morgan fingerprint density at radius 2 is 1.72 bits per heavy atom. The number of nitrogens with zero attached hydrogens (tertiary/aromatic N) is 1. The lowest BCUT2D eigenvalue weighted by Crippen LogP contribution is -2.39. The largest absolute Gasteiger partial charge is 0.494 e. The summed E-state index contributed by atoms with van der Waals surface area (Å²) in [6.45, 7) is 2.12. The molecule has 0 aliphatic rings. The maximum absolute atomic E-state index is 11.7. The summed E-state index contributed by atoms with van der Waals surface area (Å²) < 4.78 is 5.88. The lowest BCUT2D eigenvalue weighted by atomic mass is 10.1. The summed E-state index contributed by atoms with van der Waals surface area (Å²) in [4.78, 5) is 16.0. The molecule has 3 aromatic rings. The molecule has 0 unspecified atom stereocenters. The molecule has 7 heteroatoms. The lowest BCUT2D eigenvalue weighted by molar-refractivity contribution is 0.0963. The zero-order valence-corrected chi connectivity index (χ0v) is 20.9. The van der Waals surface area contributed by atoms with Crippen molar-refractivity contribution in [3.8, 4) is 5.75 Å². The smallest absolute Gasteiger partial charge is 0.251 e. The monoisotopic (exact) mass is 546 g/mol. The third-order valence-corrected chi connectivity index (χ3v) is 4.95. The molecular weight excluding hydrogens is 515 g/mol. The van der Waals surface area contributed by atoms with Gasteiger partial charge in [0, 0.05) is 32.7 Å². The lowest BCUT2D eigenvalue weighted by Gasteiger charge is -2.13. The molecule has 0 fully saturated rings. The number of rotatable bonds is 9. The summed E-state index contributed by atoms with van der Waals surface area (Å²) in [6, 6.07) is 22.1. The number of carbonyl (C=O) groups is 1. The van der Waals surface area contributed by atoms with E-state index in [1.54, 1.807) is 14.1 Å². The van der Waals surface area contributed by atoms with Gasteiger partial charge in [-0.05, 0) is 53.4 Å². The Kier molecular flexibility index (Phi) is 10.8. The van der Waals surface area contributed by atoms with E-state index in [1.165, 1.54) is 10.8 Å². The van der Waals surface area contributed by atoms with Crippen molar-refractivity contribution in [2.75, 3.05) is 33.8 Å². The van der Waals surface area contributed by atoms with Crippen LogP contribution in [0.2, 0.25) is 0 Å². The molecule has 0 bridgehead atoms. The molecule has 6 nitrogen and oxygen atoms in total. The van der Waals surface area contributed by atoms with Crippen molar-refractivity contribution in [1.29, 1.82) is 0 Å². The van der Waals surface area contributed by atoms with Crippen molar-refractivity contribution < 1.29 is 9.53 Å². The molecule has 3 N–H and O–H groups in total. The molecule has 0 heterocycles. The highest BCUT2D eigenvalue weighted by molar-refractivity contribution is 14.0. The van der Waals surface area contributed by atoms with E-state index in [0.29, 0.717) is 12.2 Å². The van der Waals surface area contributed by atoms with Crippen LogP contribution < -0.4 is 20.7 Å². The Balaban J connectivity index is 0.00000363. The fourth-order valence-corrected chi connectivity index (χ4v) is 3.28. The molecule has 3 aromatic carbocycles. The van der Waals surface area contributed by atoms with Crippen molar-refractivity contribution in [2.24, 2.45) is 4.99 Å². The highest BCUT2D eigenvalue weighted by atomic mass is 127. The molecule has 0 aromatic heterocycles. The van der Waals surface area contributed by atoms with Gasteiger partial charge in [-0.2, -0.15) is 0 Å². The number of amides is 1. The Morgan fingerprint density at radius 1 is 0.938 bits per heavy atom. The van der Waals surface area contributed by atoms with Crippen LogP contribution in [0, 0.1) is 0 Å². The van der Waals surface area contributed by atoms with Crippen molar-refractivity contribution in [2.45, 2.75) is 12.8 Å². The van der Waals surface area contributed by atoms with E-state index in [0.717, 1.165) is 43.2 Å². The van der Waals surface area contributed by atoms with Gasteiger partial charge in [-0.15, -0.1) is 24.0 Å². The molecule has 170 valence electrons. The minimum atomic E-state index is -0.0711. The van der Waals surface area contributed by atoms with Crippen LogP contribution in [0.4, 0.5) is 0 Å². The number of hydrogen-bond acceptors (Lipinski definition) is 3.